The van der Waals surface area contributed by atoms with Crippen LogP contribution in [-0.2, 0) is 54.1 Å². The Labute approximate surface area is 390 Å². The Kier molecular flexibility index (Phi) is 27.0. The van der Waals surface area contributed by atoms with Crippen molar-refractivity contribution >= 4 is 29.5 Å². The maximum Gasteiger partial charge on any atom is 0.245 e. The molecule has 0 aliphatic carbocycles. The predicted octanol–water partition coefficient (Wildman–Crippen LogP) is 3.94. The minimum Gasteiger partial charge on any atom is -0.379 e. The molecule has 0 radical (unpaired) electrons. The third-order valence-electron chi connectivity index (χ3n) is 12.5. The highest BCUT2D eigenvalue weighted by molar-refractivity contribution is 5.90. The zero-order valence-electron chi connectivity index (χ0n) is 42.1. The van der Waals surface area contributed by atoms with Gasteiger partial charge in [-0.3, -0.25) is 28.9 Å². The molecule has 1 aromatic rings. The number of benzene rings is 1. The Bertz CT molecular complexity index is 1540. The molecule has 0 saturated carbocycles. The highest BCUT2D eigenvalue weighted by Gasteiger charge is 2.43. The van der Waals surface area contributed by atoms with E-state index in [1.807, 2.05) is 90.9 Å². The molecule has 0 bridgehead atoms. The molecule has 372 valence electrons. The number of hydrogen-bond donors (Lipinski definition) is 3. The largest absolute Gasteiger partial charge is 0.379 e. The summed E-state index contributed by atoms with van der Waals surface area (Å²) in [5, 5.41) is 8.94. The summed E-state index contributed by atoms with van der Waals surface area (Å²) < 4.78 is 28.7. The van der Waals surface area contributed by atoms with E-state index in [0.29, 0.717) is 46.0 Å². The van der Waals surface area contributed by atoms with Crippen molar-refractivity contribution in [3.05, 3.63) is 35.9 Å². The third kappa shape index (κ3) is 18.5. The van der Waals surface area contributed by atoms with E-state index in [1.165, 1.54) is 7.11 Å². The number of carbonyl (C=O) groups excluding carboxylic acids is 5. The van der Waals surface area contributed by atoms with Crippen molar-refractivity contribution in [3.8, 4) is 0 Å². The monoisotopic (exact) mass is 919 g/mol. The van der Waals surface area contributed by atoms with Gasteiger partial charge < -0.3 is 49.4 Å². The molecule has 1 aliphatic heterocycles. The highest BCUT2D eigenvalue weighted by Crippen LogP contribution is 2.30. The van der Waals surface area contributed by atoms with E-state index in [1.54, 1.807) is 30.9 Å². The molecule has 16 nitrogen and oxygen atoms in total. The van der Waals surface area contributed by atoms with E-state index in [4.69, 9.17) is 23.7 Å². The number of carbonyl (C=O) groups is 5. The molecular formula is C49H86N6O10. The lowest BCUT2D eigenvalue weighted by atomic mass is 9.89. The summed E-state index contributed by atoms with van der Waals surface area (Å²) in [4.78, 5) is 75.2. The lowest BCUT2D eigenvalue weighted by Gasteiger charge is -2.41. The number of methoxy groups -OCH3 is 2. The summed E-state index contributed by atoms with van der Waals surface area (Å²) in [5.41, 5.74) is 0.886. The van der Waals surface area contributed by atoms with Crippen LogP contribution in [0.1, 0.15) is 93.1 Å². The molecule has 5 amide bonds. The first-order chi connectivity index (χ1) is 30.9. The number of amides is 5. The smallest absolute Gasteiger partial charge is 0.245 e. The van der Waals surface area contributed by atoms with Crippen molar-refractivity contribution in [1.82, 2.24) is 30.7 Å². The quantitative estimate of drug-likeness (QED) is 0.0893. The van der Waals surface area contributed by atoms with Crippen LogP contribution in [0.3, 0.4) is 0 Å². The van der Waals surface area contributed by atoms with Crippen LogP contribution in [0.5, 0.6) is 0 Å². The van der Waals surface area contributed by atoms with Gasteiger partial charge in [0.15, 0.2) is 0 Å². The second-order valence-electron chi connectivity index (χ2n) is 18.4. The number of likely N-dealkylation sites (tertiary alicyclic amines) is 1. The van der Waals surface area contributed by atoms with E-state index in [9.17, 15) is 24.0 Å². The summed E-state index contributed by atoms with van der Waals surface area (Å²) >= 11 is 0. The number of nitrogens with one attached hydrogen (secondary N) is 3. The SMILES string of the molecule is CCCOCCOCCOCCNC(=O)[C@@H](Cc1ccccc1)NC(=O)[C@H](C)[C@@H](OC)[C@@H]1CCCN1C(=O)C[C@@H](OC)[C@H]([C@@H](C)CC)N(C)C(=O)[C@H](NC(=O)[C@H](C(C)C)N(C)C)C(C)C. The van der Waals surface area contributed by atoms with Crippen molar-refractivity contribution in [2.24, 2.45) is 23.7 Å². The van der Waals surface area contributed by atoms with Crippen LogP contribution < -0.4 is 16.0 Å². The van der Waals surface area contributed by atoms with Gasteiger partial charge in [-0.25, -0.2) is 0 Å². The first-order valence-electron chi connectivity index (χ1n) is 23.9. The average Bonchev–Trinajstić information content (AvgIpc) is 3.76. The fraction of sp³-hybridized carbons (Fsp3) is 0.776. The summed E-state index contributed by atoms with van der Waals surface area (Å²) in [5.74, 6) is -2.26. The molecule has 1 heterocycles. The van der Waals surface area contributed by atoms with E-state index in [-0.39, 0.29) is 73.3 Å². The lowest BCUT2D eigenvalue weighted by molar-refractivity contribution is -0.148. The molecule has 16 heteroatoms. The maximum absolute atomic E-state index is 14.4. The minimum atomic E-state index is -0.870. The second-order valence-corrected chi connectivity index (χ2v) is 18.4. The molecule has 1 aliphatic rings. The molecule has 2 rings (SSSR count). The Balaban J connectivity index is 2.19. The molecule has 0 spiro atoms. The minimum absolute atomic E-state index is 0.00450. The van der Waals surface area contributed by atoms with Crippen molar-refractivity contribution < 1.29 is 47.7 Å². The molecule has 1 aromatic carbocycles. The Morgan fingerprint density at radius 3 is 1.92 bits per heavy atom. The molecule has 0 unspecified atom stereocenters. The summed E-state index contributed by atoms with van der Waals surface area (Å²) in [7, 11) is 8.53. The molecule has 3 N–H and O–H groups in total. The summed E-state index contributed by atoms with van der Waals surface area (Å²) in [6, 6.07) is 6.54. The van der Waals surface area contributed by atoms with Gasteiger partial charge >= 0.3 is 0 Å². The van der Waals surface area contributed by atoms with Gasteiger partial charge in [-0.15, -0.1) is 0 Å². The topological polar surface area (TPSA) is 177 Å². The zero-order valence-corrected chi connectivity index (χ0v) is 42.1. The van der Waals surface area contributed by atoms with Crippen LogP contribution in [-0.4, -0.2) is 175 Å². The van der Waals surface area contributed by atoms with E-state index >= 15 is 0 Å². The van der Waals surface area contributed by atoms with Crippen LogP contribution in [0, 0.1) is 23.7 Å². The van der Waals surface area contributed by atoms with Crippen molar-refractivity contribution in [1.29, 1.82) is 0 Å². The summed E-state index contributed by atoms with van der Waals surface area (Å²) in [6.45, 7) is 19.2. The second kappa shape index (κ2) is 30.6. The van der Waals surface area contributed by atoms with Gasteiger partial charge in [0.05, 0.1) is 75.7 Å². The number of ether oxygens (including phenoxy) is 5. The lowest BCUT2D eigenvalue weighted by Crippen LogP contribution is -2.59. The van der Waals surface area contributed by atoms with Crippen LogP contribution in [0.15, 0.2) is 30.3 Å². The normalized spacial score (nSPS) is 17.8. The number of hydrogen-bond acceptors (Lipinski definition) is 11. The van der Waals surface area contributed by atoms with Crippen LogP contribution in [0.4, 0.5) is 0 Å². The van der Waals surface area contributed by atoms with E-state index in [0.717, 1.165) is 24.8 Å². The fourth-order valence-corrected chi connectivity index (χ4v) is 8.83. The Hall–Kier alpha value is -3.67. The van der Waals surface area contributed by atoms with Gasteiger partial charge in [-0.2, -0.15) is 0 Å². The van der Waals surface area contributed by atoms with Crippen LogP contribution >= 0.6 is 0 Å². The van der Waals surface area contributed by atoms with E-state index in [2.05, 4.69) is 22.9 Å². The third-order valence-corrected chi connectivity index (χ3v) is 12.5. The van der Waals surface area contributed by atoms with Crippen molar-refractivity contribution in [2.75, 3.05) is 88.1 Å². The van der Waals surface area contributed by atoms with Gasteiger partial charge in [0, 0.05) is 47.4 Å². The maximum atomic E-state index is 14.4. The van der Waals surface area contributed by atoms with Gasteiger partial charge in [-0.1, -0.05) is 92.1 Å². The number of rotatable bonds is 32. The molecule has 1 fully saturated rings. The predicted molar refractivity (Wildman–Crippen MR) is 253 cm³/mol. The Morgan fingerprint density at radius 2 is 1.38 bits per heavy atom. The average molecular weight is 919 g/mol. The Morgan fingerprint density at radius 1 is 0.769 bits per heavy atom. The first kappa shape index (κ1) is 57.5. The zero-order chi connectivity index (χ0) is 48.6. The van der Waals surface area contributed by atoms with Crippen molar-refractivity contribution in [2.45, 2.75) is 136 Å². The van der Waals surface area contributed by atoms with Crippen LogP contribution in [0.2, 0.25) is 0 Å². The van der Waals surface area contributed by atoms with E-state index < -0.39 is 48.3 Å². The van der Waals surface area contributed by atoms with Crippen LogP contribution in [0.25, 0.3) is 0 Å². The van der Waals surface area contributed by atoms with Gasteiger partial charge in [-0.05, 0) is 56.7 Å². The fourth-order valence-electron chi connectivity index (χ4n) is 8.83. The van der Waals surface area contributed by atoms with Gasteiger partial charge in [0.25, 0.3) is 0 Å². The molecule has 0 aromatic heterocycles. The van der Waals surface area contributed by atoms with Crippen molar-refractivity contribution in [3.63, 3.8) is 0 Å². The molecule has 1 saturated heterocycles. The summed E-state index contributed by atoms with van der Waals surface area (Å²) in [6.07, 6.45) is 1.97. The molecule has 9 atom stereocenters. The van der Waals surface area contributed by atoms with Gasteiger partial charge in [0.2, 0.25) is 29.5 Å². The standard InChI is InChI=1S/C49H86N6O10/c1-14-25-63-27-29-65-30-28-64-26-23-50-47(58)38(31-37-20-17-16-18-21-37)51-46(57)36(8)45(62-13)39-22-19-24-55(39)41(56)32-40(61-12)44(35(7)15-2)54(11)49(60)42(33(3)4)52-48(59)43(34(5)6)53(9)10/h16-18,20-21,33-36,38-40,42-45H,14-15,19,22-32H2,1-13H3,(H,50,58)(H,51,57)(H,52,59)/t35-,36+,38+,39-,40+,42+,43-,44-,45+/m0/s1. The number of likely N-dealkylation sites (N-methyl/N-ethyl adjacent to an activating group) is 2. The first-order valence-corrected chi connectivity index (χ1v) is 23.9. The molecule has 65 heavy (non-hydrogen) atoms. The highest BCUT2D eigenvalue weighted by atomic mass is 16.5. The molecular weight excluding hydrogens is 833 g/mol. The van der Waals surface area contributed by atoms with Gasteiger partial charge in [0.1, 0.15) is 12.1 Å². The number of nitrogens with zero attached hydrogens (tertiary/aromatic N) is 3.